The van der Waals surface area contributed by atoms with Crippen LogP contribution >= 0.6 is 0 Å². The van der Waals surface area contributed by atoms with Gasteiger partial charge in [-0.05, 0) is 31.6 Å². The summed E-state index contributed by atoms with van der Waals surface area (Å²) < 4.78 is 12.9. The number of ketones is 1. The van der Waals surface area contributed by atoms with Crippen LogP contribution in [0.25, 0.3) is 0 Å². The molecule has 0 aromatic carbocycles. The van der Waals surface area contributed by atoms with Crippen molar-refractivity contribution in [2.75, 3.05) is 13.2 Å². The molecule has 3 heteroatoms. The number of hydrogen-bond donors (Lipinski definition) is 0. The maximum Gasteiger partial charge on any atom is 0.145 e. The van der Waals surface area contributed by atoms with Crippen LogP contribution in [0.3, 0.4) is 0 Å². The van der Waals surface area contributed by atoms with Crippen molar-refractivity contribution in [2.45, 2.75) is 58.2 Å². The first kappa shape index (κ1) is 13.7. The molecule has 4 unspecified atom stereocenters. The Kier molecular flexibility index (Phi) is 2.31. The number of carbonyl (C=O) groups is 1. The maximum atomic E-state index is 13.5. The van der Waals surface area contributed by atoms with Gasteiger partial charge in [-0.1, -0.05) is 32.9 Å². The molecule has 2 saturated heterocycles. The average molecular weight is 302 g/mol. The first-order valence-electron chi connectivity index (χ1n) is 8.86. The minimum atomic E-state index is -0.342. The van der Waals surface area contributed by atoms with E-state index in [1.54, 1.807) is 0 Å². The number of fused-ring (bicyclic) bond motifs is 2. The van der Waals surface area contributed by atoms with Crippen LogP contribution in [0.2, 0.25) is 0 Å². The molecule has 4 bridgehead atoms. The van der Waals surface area contributed by atoms with E-state index in [1.807, 2.05) is 0 Å². The second-order valence-corrected chi connectivity index (χ2v) is 9.13. The van der Waals surface area contributed by atoms with Gasteiger partial charge in [0.15, 0.2) is 0 Å². The minimum absolute atomic E-state index is 0.0212. The molecule has 0 radical (unpaired) electrons. The summed E-state index contributed by atoms with van der Waals surface area (Å²) in [5.74, 6) is 1.18. The monoisotopic (exact) mass is 302 g/mol. The molecule has 2 aliphatic heterocycles. The molecule has 4 aliphatic carbocycles. The highest BCUT2D eigenvalue weighted by atomic mass is 16.6. The highest BCUT2D eigenvalue weighted by molar-refractivity contribution is 5.92. The Hall–Kier alpha value is -0.670. The smallest absolute Gasteiger partial charge is 0.145 e. The van der Waals surface area contributed by atoms with Gasteiger partial charge in [-0.25, -0.2) is 0 Å². The van der Waals surface area contributed by atoms with Crippen LogP contribution < -0.4 is 0 Å². The molecule has 0 aromatic rings. The number of Topliss-reactive ketones (excluding diaryl/α,β-unsaturated/α-hetero) is 1. The topological polar surface area (TPSA) is 35.5 Å². The van der Waals surface area contributed by atoms with Crippen molar-refractivity contribution in [3.05, 3.63) is 12.2 Å². The van der Waals surface area contributed by atoms with E-state index < -0.39 is 0 Å². The molecule has 2 spiro atoms. The summed E-state index contributed by atoms with van der Waals surface area (Å²) in [6.07, 6.45) is 8.86. The standard InChI is InChI=1S/C19H26O3/c1-12-13-5-8-19(14(12)20)17-7-4-6-16(2,3)15(17)22-18(19,9-13)11-21-10-17/h4,6,12-13,15H,5,7-11H2,1-3H3/t12-,13?,15?,17?,18+,19?/m1/s1. The first-order chi connectivity index (χ1) is 10.4. The van der Waals surface area contributed by atoms with Gasteiger partial charge in [0.05, 0.1) is 24.7 Å². The average Bonchev–Trinajstić information content (AvgIpc) is 2.61. The predicted octanol–water partition coefficient (Wildman–Crippen LogP) is 3.13. The molecule has 6 rings (SSSR count). The fraction of sp³-hybridized carbons (Fsp3) is 0.842. The van der Waals surface area contributed by atoms with Crippen LogP contribution in [0.4, 0.5) is 0 Å². The van der Waals surface area contributed by atoms with Crippen molar-refractivity contribution < 1.29 is 14.3 Å². The van der Waals surface area contributed by atoms with Crippen LogP contribution in [0, 0.1) is 28.1 Å². The van der Waals surface area contributed by atoms with Crippen LogP contribution in [-0.2, 0) is 14.3 Å². The van der Waals surface area contributed by atoms with Gasteiger partial charge in [0.25, 0.3) is 0 Å². The highest BCUT2D eigenvalue weighted by Gasteiger charge is 2.82. The zero-order valence-corrected chi connectivity index (χ0v) is 13.9. The molecular weight excluding hydrogens is 276 g/mol. The third kappa shape index (κ3) is 1.14. The van der Waals surface area contributed by atoms with Crippen molar-refractivity contribution >= 4 is 5.78 Å². The number of allylic oxidation sites excluding steroid dienone is 1. The van der Waals surface area contributed by atoms with Crippen LogP contribution in [0.1, 0.15) is 46.5 Å². The van der Waals surface area contributed by atoms with Gasteiger partial charge in [-0.3, -0.25) is 4.79 Å². The van der Waals surface area contributed by atoms with Crippen molar-refractivity contribution in [1.82, 2.24) is 0 Å². The van der Waals surface area contributed by atoms with E-state index in [0.717, 1.165) is 19.3 Å². The molecular formula is C19H26O3. The molecule has 0 amide bonds. The summed E-state index contributed by atoms with van der Waals surface area (Å²) in [6.45, 7) is 7.99. The second-order valence-electron chi connectivity index (χ2n) is 9.13. The summed E-state index contributed by atoms with van der Waals surface area (Å²) in [6, 6.07) is 0. The summed E-state index contributed by atoms with van der Waals surface area (Å²) in [7, 11) is 0. The minimum Gasteiger partial charge on any atom is -0.378 e. The van der Waals surface area contributed by atoms with Gasteiger partial charge in [-0.15, -0.1) is 0 Å². The lowest BCUT2D eigenvalue weighted by Gasteiger charge is -2.63. The van der Waals surface area contributed by atoms with Crippen LogP contribution in [0.5, 0.6) is 0 Å². The second kappa shape index (κ2) is 3.70. The largest absolute Gasteiger partial charge is 0.378 e. The van der Waals surface area contributed by atoms with E-state index in [4.69, 9.17) is 9.47 Å². The lowest BCUT2D eigenvalue weighted by Crippen LogP contribution is -2.72. The maximum absolute atomic E-state index is 13.5. The highest BCUT2D eigenvalue weighted by Crippen LogP contribution is 2.75. The third-order valence-corrected chi connectivity index (χ3v) is 7.90. The molecule has 22 heavy (non-hydrogen) atoms. The normalized spacial score (nSPS) is 57.6. The van der Waals surface area contributed by atoms with Gasteiger partial charge in [-0.2, -0.15) is 0 Å². The number of carbonyl (C=O) groups excluding carboxylic acids is 1. The van der Waals surface area contributed by atoms with E-state index in [2.05, 4.69) is 32.9 Å². The summed E-state index contributed by atoms with van der Waals surface area (Å²) in [4.78, 5) is 13.5. The molecule has 120 valence electrons. The van der Waals surface area contributed by atoms with Crippen molar-refractivity contribution in [3.8, 4) is 0 Å². The lowest BCUT2D eigenvalue weighted by molar-refractivity contribution is -0.223. The van der Waals surface area contributed by atoms with Crippen LogP contribution in [0.15, 0.2) is 12.2 Å². The van der Waals surface area contributed by atoms with Crippen molar-refractivity contribution in [1.29, 1.82) is 0 Å². The molecule has 5 fully saturated rings. The van der Waals surface area contributed by atoms with E-state index in [1.165, 1.54) is 6.42 Å². The third-order valence-electron chi connectivity index (χ3n) is 7.90. The van der Waals surface area contributed by atoms with Gasteiger partial charge < -0.3 is 9.47 Å². The van der Waals surface area contributed by atoms with Gasteiger partial charge in [0.2, 0.25) is 0 Å². The predicted molar refractivity (Wildman–Crippen MR) is 82.3 cm³/mol. The fourth-order valence-electron chi connectivity index (χ4n) is 7.04. The number of rotatable bonds is 0. The Balaban J connectivity index is 1.78. The molecule has 0 N–H and O–H groups in total. The first-order valence-corrected chi connectivity index (χ1v) is 8.86. The Bertz CT molecular complexity index is 593. The molecule has 3 saturated carbocycles. The van der Waals surface area contributed by atoms with E-state index in [9.17, 15) is 4.79 Å². The molecule has 0 aromatic heterocycles. The summed E-state index contributed by atoms with van der Waals surface area (Å²) in [5.41, 5.74) is -0.794. The molecule has 2 heterocycles. The lowest BCUT2D eigenvalue weighted by atomic mass is 9.39. The van der Waals surface area contributed by atoms with Crippen LogP contribution in [-0.4, -0.2) is 30.7 Å². The van der Waals surface area contributed by atoms with Gasteiger partial charge in [0.1, 0.15) is 11.4 Å². The van der Waals surface area contributed by atoms with E-state index in [0.29, 0.717) is 24.9 Å². The van der Waals surface area contributed by atoms with Crippen molar-refractivity contribution in [3.63, 3.8) is 0 Å². The fourth-order valence-corrected chi connectivity index (χ4v) is 7.04. The molecule has 6 aliphatic rings. The Morgan fingerprint density at radius 3 is 2.91 bits per heavy atom. The Morgan fingerprint density at radius 2 is 2.09 bits per heavy atom. The van der Waals surface area contributed by atoms with E-state index >= 15 is 0 Å². The van der Waals surface area contributed by atoms with Gasteiger partial charge >= 0.3 is 0 Å². The van der Waals surface area contributed by atoms with Gasteiger partial charge in [0, 0.05) is 16.7 Å². The quantitative estimate of drug-likeness (QED) is 0.645. The zero-order chi connectivity index (χ0) is 15.4. The van der Waals surface area contributed by atoms with E-state index in [-0.39, 0.29) is 33.9 Å². The Morgan fingerprint density at radius 1 is 1.27 bits per heavy atom. The summed E-state index contributed by atoms with van der Waals surface area (Å²) >= 11 is 0. The van der Waals surface area contributed by atoms with Crippen molar-refractivity contribution in [2.24, 2.45) is 28.1 Å². The summed E-state index contributed by atoms with van der Waals surface area (Å²) in [5, 5.41) is 0. The Labute approximate surface area is 132 Å². The number of hydrogen-bond acceptors (Lipinski definition) is 3. The number of ether oxygens (including phenoxy) is 2. The molecule has 3 nitrogen and oxygen atoms in total. The zero-order valence-electron chi connectivity index (χ0n) is 13.9. The molecule has 6 atom stereocenters. The SMILES string of the molecule is C[C@H]1C(=O)C23CCC1C[C@]21COCC32CC=CC(C)(C)C2O1.